The van der Waals surface area contributed by atoms with Crippen LogP contribution in [0.5, 0.6) is 0 Å². The first kappa shape index (κ1) is 12.8. The molecular weight excluding hydrogens is 260 g/mol. The first-order chi connectivity index (χ1) is 9.74. The molecule has 1 N–H and O–H groups in total. The Bertz CT molecular complexity index is 617. The molecule has 2 aromatic rings. The van der Waals surface area contributed by atoms with Gasteiger partial charge in [-0.25, -0.2) is 4.79 Å². The second kappa shape index (κ2) is 5.44. The smallest absolute Gasteiger partial charge is 0.359 e. The van der Waals surface area contributed by atoms with Crippen molar-refractivity contribution in [3.05, 3.63) is 28.7 Å². The lowest BCUT2D eigenvalue weighted by Gasteiger charge is -2.02. The van der Waals surface area contributed by atoms with Gasteiger partial charge in [0.25, 0.3) is 5.89 Å². The zero-order valence-corrected chi connectivity index (χ0v) is 11.3. The van der Waals surface area contributed by atoms with Crippen molar-refractivity contribution < 1.29 is 14.1 Å². The Hall–Kier alpha value is -2.18. The molecule has 0 atom stereocenters. The van der Waals surface area contributed by atoms with Crippen LogP contribution in [0.1, 0.15) is 52.7 Å². The zero-order chi connectivity index (χ0) is 13.9. The standard InChI is InChI=1S/C13H16N4O3/c1-8-14-11(20-17-8)7-19-13(18)12-9-5-3-2-4-6-10(9)15-16-12/h2-7H2,1H3,(H,15,16). The topological polar surface area (TPSA) is 93.9 Å². The van der Waals surface area contributed by atoms with Crippen LogP contribution < -0.4 is 0 Å². The number of fused-ring (bicyclic) bond motifs is 1. The summed E-state index contributed by atoms with van der Waals surface area (Å²) in [7, 11) is 0. The zero-order valence-electron chi connectivity index (χ0n) is 11.3. The summed E-state index contributed by atoms with van der Waals surface area (Å²) < 4.78 is 10.1. The highest BCUT2D eigenvalue weighted by Crippen LogP contribution is 2.22. The average molecular weight is 276 g/mol. The largest absolute Gasteiger partial charge is 0.451 e. The van der Waals surface area contributed by atoms with Gasteiger partial charge in [0.2, 0.25) is 0 Å². The summed E-state index contributed by atoms with van der Waals surface area (Å²) in [4.78, 5) is 16.1. The number of carbonyl (C=O) groups is 1. The van der Waals surface area contributed by atoms with Gasteiger partial charge in [-0.3, -0.25) is 5.10 Å². The maximum atomic E-state index is 12.1. The monoisotopic (exact) mass is 276 g/mol. The number of H-pyrrole nitrogens is 1. The summed E-state index contributed by atoms with van der Waals surface area (Å²) >= 11 is 0. The van der Waals surface area contributed by atoms with Gasteiger partial charge < -0.3 is 9.26 Å². The van der Waals surface area contributed by atoms with Gasteiger partial charge in [0.15, 0.2) is 18.1 Å². The first-order valence-electron chi connectivity index (χ1n) is 6.76. The number of nitrogens with zero attached hydrogens (tertiary/aromatic N) is 3. The van der Waals surface area contributed by atoms with Crippen LogP contribution in [-0.4, -0.2) is 26.3 Å². The minimum absolute atomic E-state index is 0.0265. The highest BCUT2D eigenvalue weighted by molar-refractivity contribution is 5.89. The van der Waals surface area contributed by atoms with Gasteiger partial charge in [-0.15, -0.1) is 0 Å². The van der Waals surface area contributed by atoms with Crippen molar-refractivity contribution in [2.75, 3.05) is 0 Å². The van der Waals surface area contributed by atoms with E-state index in [4.69, 9.17) is 9.26 Å². The average Bonchev–Trinajstić information content (AvgIpc) is 2.96. The van der Waals surface area contributed by atoms with Gasteiger partial charge in [-0.1, -0.05) is 11.6 Å². The van der Waals surface area contributed by atoms with Gasteiger partial charge in [-0.2, -0.15) is 10.1 Å². The molecule has 0 radical (unpaired) electrons. The van der Waals surface area contributed by atoms with E-state index in [0.29, 0.717) is 11.5 Å². The van der Waals surface area contributed by atoms with Crippen LogP contribution in [0.25, 0.3) is 0 Å². The van der Waals surface area contributed by atoms with E-state index >= 15 is 0 Å². The lowest BCUT2D eigenvalue weighted by Crippen LogP contribution is -2.09. The van der Waals surface area contributed by atoms with Crippen molar-refractivity contribution in [2.45, 2.75) is 45.6 Å². The molecule has 0 spiro atoms. The summed E-state index contributed by atoms with van der Waals surface area (Å²) in [6.07, 6.45) is 5.20. The van der Waals surface area contributed by atoms with E-state index in [0.717, 1.165) is 36.9 Å². The lowest BCUT2D eigenvalue weighted by atomic mass is 10.1. The molecule has 0 amide bonds. The summed E-state index contributed by atoms with van der Waals surface area (Å²) in [5.74, 6) is 0.363. The molecule has 0 aromatic carbocycles. The Morgan fingerprint density at radius 2 is 2.20 bits per heavy atom. The number of aryl methyl sites for hydroxylation is 2. The molecule has 20 heavy (non-hydrogen) atoms. The van der Waals surface area contributed by atoms with E-state index in [1.165, 1.54) is 6.42 Å². The summed E-state index contributed by atoms with van der Waals surface area (Å²) in [5, 5.41) is 10.7. The molecular formula is C13H16N4O3. The van der Waals surface area contributed by atoms with Crippen molar-refractivity contribution in [2.24, 2.45) is 0 Å². The van der Waals surface area contributed by atoms with Crippen molar-refractivity contribution in [3.63, 3.8) is 0 Å². The summed E-state index contributed by atoms with van der Waals surface area (Å²) in [6, 6.07) is 0. The molecule has 0 aliphatic heterocycles. The Kier molecular flexibility index (Phi) is 3.49. The number of carbonyl (C=O) groups excluding carboxylic acids is 1. The van der Waals surface area contributed by atoms with Crippen LogP contribution in [0.3, 0.4) is 0 Å². The minimum Gasteiger partial charge on any atom is -0.451 e. The van der Waals surface area contributed by atoms with Crippen LogP contribution in [0.4, 0.5) is 0 Å². The molecule has 7 heteroatoms. The van der Waals surface area contributed by atoms with E-state index < -0.39 is 5.97 Å². The number of hydrogen-bond acceptors (Lipinski definition) is 6. The van der Waals surface area contributed by atoms with Crippen molar-refractivity contribution in [1.82, 2.24) is 20.3 Å². The number of rotatable bonds is 3. The predicted molar refractivity (Wildman–Crippen MR) is 68.0 cm³/mol. The van der Waals surface area contributed by atoms with E-state index in [2.05, 4.69) is 20.3 Å². The molecule has 1 aliphatic rings. The fourth-order valence-electron chi connectivity index (χ4n) is 2.42. The molecule has 0 fully saturated rings. The number of hydrogen-bond donors (Lipinski definition) is 1. The van der Waals surface area contributed by atoms with Crippen molar-refractivity contribution in [1.29, 1.82) is 0 Å². The number of ether oxygens (including phenoxy) is 1. The molecule has 2 aromatic heterocycles. The molecule has 1 aliphatic carbocycles. The Morgan fingerprint density at radius 1 is 1.35 bits per heavy atom. The third kappa shape index (κ3) is 2.56. The molecule has 3 rings (SSSR count). The van der Waals surface area contributed by atoms with Crippen LogP contribution in [0.2, 0.25) is 0 Å². The highest BCUT2D eigenvalue weighted by Gasteiger charge is 2.22. The van der Waals surface area contributed by atoms with Crippen molar-refractivity contribution >= 4 is 5.97 Å². The lowest BCUT2D eigenvalue weighted by molar-refractivity contribution is 0.0421. The van der Waals surface area contributed by atoms with Crippen molar-refractivity contribution in [3.8, 4) is 0 Å². The van der Waals surface area contributed by atoms with Crippen LogP contribution in [-0.2, 0) is 24.2 Å². The van der Waals surface area contributed by atoms with Crippen LogP contribution in [0, 0.1) is 6.92 Å². The number of aromatic nitrogens is 4. The SMILES string of the molecule is Cc1noc(COC(=O)c2n[nH]c3c2CCCCC3)n1. The third-order valence-corrected chi connectivity index (χ3v) is 3.40. The molecule has 106 valence electrons. The van der Waals surface area contributed by atoms with Gasteiger partial charge >= 0.3 is 5.97 Å². The highest BCUT2D eigenvalue weighted by atomic mass is 16.6. The predicted octanol–water partition coefficient (Wildman–Crippen LogP) is 1.73. The number of esters is 1. The maximum Gasteiger partial charge on any atom is 0.359 e. The summed E-state index contributed by atoms with van der Waals surface area (Å²) in [5.41, 5.74) is 2.44. The van der Waals surface area contributed by atoms with Gasteiger partial charge in [0, 0.05) is 11.3 Å². The second-order valence-corrected chi connectivity index (χ2v) is 4.90. The molecule has 7 nitrogen and oxygen atoms in total. The number of aromatic amines is 1. The minimum atomic E-state index is -0.444. The van der Waals surface area contributed by atoms with E-state index in [1.54, 1.807) is 6.92 Å². The van der Waals surface area contributed by atoms with E-state index in [1.807, 2.05) is 0 Å². The molecule has 0 bridgehead atoms. The quantitative estimate of drug-likeness (QED) is 0.677. The Morgan fingerprint density at radius 3 is 3.00 bits per heavy atom. The Labute approximate surface area is 115 Å². The second-order valence-electron chi connectivity index (χ2n) is 4.90. The van der Waals surface area contributed by atoms with Gasteiger partial charge in [-0.05, 0) is 32.6 Å². The van der Waals surface area contributed by atoms with E-state index in [-0.39, 0.29) is 12.5 Å². The first-order valence-corrected chi connectivity index (χ1v) is 6.76. The fourth-order valence-corrected chi connectivity index (χ4v) is 2.42. The fraction of sp³-hybridized carbons (Fsp3) is 0.538. The van der Waals surface area contributed by atoms with Gasteiger partial charge in [0.05, 0.1) is 0 Å². The van der Waals surface area contributed by atoms with Crippen LogP contribution >= 0.6 is 0 Å². The third-order valence-electron chi connectivity index (χ3n) is 3.40. The molecule has 0 saturated heterocycles. The van der Waals surface area contributed by atoms with E-state index in [9.17, 15) is 4.79 Å². The number of nitrogens with one attached hydrogen (secondary N) is 1. The van der Waals surface area contributed by atoms with Gasteiger partial charge in [0.1, 0.15) is 0 Å². The Balaban J connectivity index is 1.69. The normalized spacial score (nSPS) is 14.7. The van der Waals surface area contributed by atoms with Crippen LogP contribution in [0.15, 0.2) is 4.52 Å². The maximum absolute atomic E-state index is 12.1. The molecule has 0 unspecified atom stereocenters. The molecule has 2 heterocycles. The molecule has 0 saturated carbocycles. The summed E-state index contributed by atoms with van der Waals surface area (Å²) in [6.45, 7) is 1.68.